The first-order valence-corrected chi connectivity index (χ1v) is 8.23. The Morgan fingerprint density at radius 3 is 2.60 bits per heavy atom. The average Bonchev–Trinajstić information content (AvgIpc) is 2.63. The van der Waals surface area contributed by atoms with Crippen LogP contribution in [0.4, 0.5) is 0 Å². The highest BCUT2D eigenvalue weighted by atomic mass is 16.5. The fourth-order valence-corrected chi connectivity index (χ4v) is 2.55. The number of aliphatic carboxylic acids is 1. The van der Waals surface area contributed by atoms with Gasteiger partial charge in [-0.25, -0.2) is 4.79 Å². The van der Waals surface area contributed by atoms with E-state index in [0.717, 1.165) is 22.6 Å². The van der Waals surface area contributed by atoms with Crippen LogP contribution in [-0.2, 0) is 4.79 Å². The zero-order valence-electron chi connectivity index (χ0n) is 15.9. The molecule has 0 saturated carbocycles. The highest BCUT2D eigenvalue weighted by Crippen LogP contribution is 2.36. The minimum absolute atomic E-state index is 0.0797. The molecule has 0 aromatic heterocycles. The fourth-order valence-electron chi connectivity index (χ4n) is 2.55. The van der Waals surface area contributed by atoms with E-state index in [9.17, 15) is 4.79 Å². The Balaban J connectivity index is 0.000000299. The molecule has 0 saturated heterocycles. The Bertz CT molecular complexity index is 694. The maximum Gasteiger partial charge on any atom is 0.328 e. The van der Waals surface area contributed by atoms with Crippen LogP contribution in [0.3, 0.4) is 0 Å². The van der Waals surface area contributed by atoms with E-state index < -0.39 is 5.97 Å². The molecule has 1 aliphatic heterocycles. The van der Waals surface area contributed by atoms with Gasteiger partial charge in [0, 0.05) is 17.1 Å². The number of ether oxygens (including phenoxy) is 2. The fraction of sp³-hybridized carbons (Fsp3) is 0.381. The van der Waals surface area contributed by atoms with E-state index >= 15 is 0 Å². The van der Waals surface area contributed by atoms with Gasteiger partial charge in [0.2, 0.25) is 0 Å². The molecule has 1 aromatic carbocycles. The van der Waals surface area contributed by atoms with Gasteiger partial charge in [-0.2, -0.15) is 0 Å². The number of benzene rings is 1. The summed E-state index contributed by atoms with van der Waals surface area (Å²) in [6.45, 7) is 10.8. The normalized spacial score (nSPS) is 15.9. The lowest BCUT2D eigenvalue weighted by Gasteiger charge is -2.18. The van der Waals surface area contributed by atoms with E-state index in [2.05, 4.69) is 26.8 Å². The van der Waals surface area contributed by atoms with Crippen LogP contribution in [0.1, 0.15) is 40.2 Å². The molecule has 0 unspecified atom stereocenters. The lowest BCUT2D eigenvalue weighted by Crippen LogP contribution is -2.17. The minimum atomic E-state index is -0.898. The molecule has 0 atom stereocenters. The van der Waals surface area contributed by atoms with E-state index in [1.165, 1.54) is 11.6 Å². The average molecular weight is 344 g/mol. The zero-order chi connectivity index (χ0) is 19.0. The van der Waals surface area contributed by atoms with Gasteiger partial charge in [-0.05, 0) is 50.1 Å². The summed E-state index contributed by atoms with van der Waals surface area (Å²) in [7, 11) is 1.68. The van der Waals surface area contributed by atoms with Crippen LogP contribution < -0.4 is 9.47 Å². The molecule has 0 spiro atoms. The van der Waals surface area contributed by atoms with Crippen LogP contribution in [0.25, 0.3) is 5.57 Å². The minimum Gasteiger partial charge on any atom is -0.497 e. The molecule has 1 heterocycles. The summed E-state index contributed by atoms with van der Waals surface area (Å²) >= 11 is 0. The molecule has 0 aliphatic carbocycles. The molecule has 0 fully saturated rings. The van der Waals surface area contributed by atoms with Gasteiger partial charge in [-0.3, -0.25) is 0 Å². The van der Waals surface area contributed by atoms with Crippen LogP contribution in [0.2, 0.25) is 0 Å². The maximum atomic E-state index is 9.97. The van der Waals surface area contributed by atoms with Crippen molar-refractivity contribution < 1.29 is 19.4 Å². The van der Waals surface area contributed by atoms with Crippen molar-refractivity contribution in [2.24, 2.45) is 5.41 Å². The van der Waals surface area contributed by atoms with E-state index in [-0.39, 0.29) is 5.41 Å². The molecule has 4 heteroatoms. The molecular weight excluding hydrogens is 316 g/mol. The third kappa shape index (κ3) is 6.87. The van der Waals surface area contributed by atoms with Gasteiger partial charge in [0.25, 0.3) is 0 Å². The van der Waals surface area contributed by atoms with Gasteiger partial charge in [0.1, 0.15) is 11.5 Å². The predicted molar refractivity (Wildman–Crippen MR) is 102 cm³/mol. The molecule has 136 valence electrons. The van der Waals surface area contributed by atoms with Crippen molar-refractivity contribution in [3.63, 3.8) is 0 Å². The second-order valence-corrected chi connectivity index (χ2v) is 6.69. The first-order chi connectivity index (χ1) is 11.7. The smallest absolute Gasteiger partial charge is 0.328 e. The third-order valence-corrected chi connectivity index (χ3v) is 3.60. The van der Waals surface area contributed by atoms with Crippen LogP contribution in [0, 0.1) is 5.41 Å². The van der Waals surface area contributed by atoms with Crippen molar-refractivity contribution >= 4 is 11.5 Å². The van der Waals surface area contributed by atoms with Gasteiger partial charge >= 0.3 is 5.97 Å². The molecule has 1 aliphatic rings. The van der Waals surface area contributed by atoms with Crippen molar-refractivity contribution in [2.75, 3.05) is 13.7 Å². The highest BCUT2D eigenvalue weighted by molar-refractivity contribution is 5.81. The van der Waals surface area contributed by atoms with Crippen LogP contribution >= 0.6 is 0 Å². The third-order valence-electron chi connectivity index (χ3n) is 3.60. The summed E-state index contributed by atoms with van der Waals surface area (Å²) in [6, 6.07) is 5.94. The zero-order valence-corrected chi connectivity index (χ0v) is 15.9. The Kier molecular flexibility index (Phi) is 7.49. The van der Waals surface area contributed by atoms with Gasteiger partial charge in [-0.1, -0.05) is 32.1 Å². The number of carboxylic acids is 1. The highest BCUT2D eigenvalue weighted by Gasteiger charge is 2.22. The van der Waals surface area contributed by atoms with Crippen LogP contribution in [-0.4, -0.2) is 24.8 Å². The molecule has 0 amide bonds. The number of rotatable bonds is 3. The van der Waals surface area contributed by atoms with Crippen molar-refractivity contribution in [1.82, 2.24) is 0 Å². The largest absolute Gasteiger partial charge is 0.497 e. The van der Waals surface area contributed by atoms with Crippen molar-refractivity contribution in [2.45, 2.75) is 34.6 Å². The van der Waals surface area contributed by atoms with Crippen molar-refractivity contribution in [3.05, 3.63) is 53.6 Å². The maximum absolute atomic E-state index is 9.97. The number of hydrogen-bond acceptors (Lipinski definition) is 3. The van der Waals surface area contributed by atoms with E-state index in [0.29, 0.717) is 6.61 Å². The van der Waals surface area contributed by atoms with Crippen LogP contribution in [0.15, 0.2) is 48.1 Å². The Hall–Kier alpha value is -2.49. The molecule has 4 nitrogen and oxygen atoms in total. The topological polar surface area (TPSA) is 55.8 Å². The summed E-state index contributed by atoms with van der Waals surface area (Å²) in [5.74, 6) is 0.917. The number of carbonyl (C=O) groups is 1. The molecular formula is C21H28O4. The number of fused-ring (bicyclic) bond motifs is 1. The summed E-state index contributed by atoms with van der Waals surface area (Å²) < 4.78 is 11.1. The van der Waals surface area contributed by atoms with E-state index in [4.69, 9.17) is 14.6 Å². The lowest BCUT2D eigenvalue weighted by molar-refractivity contribution is -0.131. The standard InChI is InChI=1S/C14H18O2.C7H10O2/c1-10-8-14(2,3)9-16-13-6-5-11(15-4)7-12(10)13;1-3-4-6(2)5-7(8)9/h5-8H,9H2,1-4H3;3-5H,1-2H3,(H,8,9)/b;4-3+,6-5-. The predicted octanol–water partition coefficient (Wildman–Crippen LogP) is 5.11. The first kappa shape index (κ1) is 20.6. The molecule has 0 bridgehead atoms. The van der Waals surface area contributed by atoms with Crippen molar-refractivity contribution in [1.29, 1.82) is 0 Å². The second-order valence-electron chi connectivity index (χ2n) is 6.69. The second kappa shape index (κ2) is 9.11. The van der Waals surface area contributed by atoms with Gasteiger partial charge in [0.05, 0.1) is 13.7 Å². The van der Waals surface area contributed by atoms with Crippen molar-refractivity contribution in [3.8, 4) is 11.5 Å². The van der Waals surface area contributed by atoms with E-state index in [1.54, 1.807) is 26.2 Å². The van der Waals surface area contributed by atoms with Gasteiger partial charge in [0.15, 0.2) is 0 Å². The summed E-state index contributed by atoms with van der Waals surface area (Å²) in [4.78, 5) is 9.97. The number of carboxylic acid groups (broad SMARTS) is 1. The molecule has 1 aromatic rings. The molecule has 0 radical (unpaired) electrons. The Morgan fingerprint density at radius 1 is 1.36 bits per heavy atom. The summed E-state index contributed by atoms with van der Waals surface area (Å²) in [5, 5.41) is 8.20. The Labute approximate surface area is 150 Å². The molecule has 2 rings (SSSR count). The Morgan fingerprint density at radius 2 is 2.04 bits per heavy atom. The SMILES string of the molecule is C/C=C/C(C)=C\C(=O)O.COc1ccc2c(c1)C(C)=CC(C)(C)CO2. The summed E-state index contributed by atoms with van der Waals surface area (Å²) in [5.41, 5.74) is 3.21. The summed E-state index contributed by atoms with van der Waals surface area (Å²) in [6.07, 6.45) is 6.97. The monoisotopic (exact) mass is 344 g/mol. The number of allylic oxidation sites excluding steroid dienone is 4. The van der Waals surface area contributed by atoms with E-state index in [1.807, 2.05) is 25.1 Å². The first-order valence-electron chi connectivity index (χ1n) is 8.23. The van der Waals surface area contributed by atoms with Gasteiger partial charge < -0.3 is 14.6 Å². The molecule has 25 heavy (non-hydrogen) atoms. The lowest BCUT2D eigenvalue weighted by atomic mass is 9.91. The van der Waals surface area contributed by atoms with Crippen LogP contribution in [0.5, 0.6) is 11.5 Å². The quantitative estimate of drug-likeness (QED) is 0.611. The molecule has 1 N–H and O–H groups in total. The number of hydrogen-bond donors (Lipinski definition) is 1. The van der Waals surface area contributed by atoms with Gasteiger partial charge in [-0.15, -0.1) is 0 Å². The number of methoxy groups -OCH3 is 1.